The van der Waals surface area contributed by atoms with Gasteiger partial charge in [0.2, 0.25) is 5.91 Å². The highest BCUT2D eigenvalue weighted by Crippen LogP contribution is 2.25. The molecule has 0 saturated carbocycles. The predicted octanol–water partition coefficient (Wildman–Crippen LogP) is 2.64. The monoisotopic (exact) mass is 313 g/mol. The molecular weight excluding hydrogens is 294 g/mol. The van der Waals surface area contributed by atoms with Crippen molar-refractivity contribution in [2.24, 2.45) is 0 Å². The molecule has 0 bridgehead atoms. The van der Waals surface area contributed by atoms with Gasteiger partial charge in [-0.15, -0.1) is 0 Å². The van der Waals surface area contributed by atoms with Crippen LogP contribution in [0.2, 0.25) is 5.02 Å². The summed E-state index contributed by atoms with van der Waals surface area (Å²) in [5.74, 6) is -0.0661. The van der Waals surface area contributed by atoms with Gasteiger partial charge in [0, 0.05) is 31.1 Å². The number of halogens is 1. The Morgan fingerprint density at radius 2 is 2.05 bits per heavy atom. The van der Waals surface area contributed by atoms with Crippen LogP contribution in [0, 0.1) is 10.1 Å². The number of nitrogens with zero attached hydrogens (tertiary/aromatic N) is 1. The molecule has 0 aliphatic carbocycles. The molecule has 0 spiro atoms. The van der Waals surface area contributed by atoms with Crippen LogP contribution in [0.25, 0.3) is 0 Å². The molecule has 1 aromatic rings. The second-order valence-electron chi connectivity index (χ2n) is 5.72. The topological polar surface area (TPSA) is 84.3 Å². The number of nitrogens with one attached hydrogen (secondary N) is 2. The van der Waals surface area contributed by atoms with Crippen LogP contribution < -0.4 is 10.6 Å². The van der Waals surface area contributed by atoms with Crippen LogP contribution in [0.4, 0.5) is 5.69 Å². The molecule has 1 rings (SSSR count). The van der Waals surface area contributed by atoms with Crippen molar-refractivity contribution in [3.63, 3.8) is 0 Å². The molecule has 0 fully saturated rings. The van der Waals surface area contributed by atoms with Gasteiger partial charge in [-0.3, -0.25) is 14.9 Å². The minimum absolute atomic E-state index is 0.0193. The summed E-state index contributed by atoms with van der Waals surface area (Å²) in [6.07, 6.45) is 0.301. The van der Waals surface area contributed by atoms with Gasteiger partial charge in [0.25, 0.3) is 5.69 Å². The fourth-order valence-corrected chi connectivity index (χ4v) is 2.03. The Morgan fingerprint density at radius 3 is 2.62 bits per heavy atom. The third-order valence-corrected chi connectivity index (χ3v) is 2.99. The van der Waals surface area contributed by atoms with Crippen molar-refractivity contribution in [3.8, 4) is 0 Å². The van der Waals surface area contributed by atoms with Crippen LogP contribution in [0.3, 0.4) is 0 Å². The quantitative estimate of drug-likeness (QED) is 0.480. The molecule has 0 aromatic heterocycles. The molecule has 6 nitrogen and oxygen atoms in total. The number of amides is 1. The van der Waals surface area contributed by atoms with Crippen LogP contribution in [-0.2, 0) is 11.3 Å². The van der Waals surface area contributed by atoms with Gasteiger partial charge in [0.15, 0.2) is 0 Å². The normalized spacial score (nSPS) is 11.2. The van der Waals surface area contributed by atoms with Crippen molar-refractivity contribution >= 4 is 23.2 Å². The predicted molar refractivity (Wildman–Crippen MR) is 82.3 cm³/mol. The molecule has 116 valence electrons. The molecule has 0 heterocycles. The summed E-state index contributed by atoms with van der Waals surface area (Å²) in [5.41, 5.74) is 0.146. The van der Waals surface area contributed by atoms with E-state index in [0.717, 1.165) is 0 Å². The molecular formula is C14H20ClN3O3. The number of hydrogen-bond acceptors (Lipinski definition) is 4. The van der Waals surface area contributed by atoms with Crippen molar-refractivity contribution in [1.29, 1.82) is 0 Å². The van der Waals surface area contributed by atoms with E-state index < -0.39 is 4.92 Å². The van der Waals surface area contributed by atoms with Crippen molar-refractivity contribution in [3.05, 3.63) is 38.9 Å². The first-order valence-corrected chi connectivity index (χ1v) is 7.02. The maximum atomic E-state index is 11.6. The Labute approximate surface area is 129 Å². The largest absolute Gasteiger partial charge is 0.351 e. The van der Waals surface area contributed by atoms with E-state index >= 15 is 0 Å². The highest BCUT2D eigenvalue weighted by molar-refractivity contribution is 6.31. The molecule has 1 aromatic carbocycles. The molecule has 7 heteroatoms. The Morgan fingerprint density at radius 1 is 1.38 bits per heavy atom. The second kappa shape index (κ2) is 7.38. The number of nitro benzene ring substituents is 1. The number of hydrogen-bond donors (Lipinski definition) is 2. The molecule has 0 unspecified atom stereocenters. The first-order chi connectivity index (χ1) is 9.70. The van der Waals surface area contributed by atoms with E-state index in [0.29, 0.717) is 23.6 Å². The first-order valence-electron chi connectivity index (χ1n) is 6.64. The van der Waals surface area contributed by atoms with E-state index in [-0.39, 0.29) is 23.7 Å². The summed E-state index contributed by atoms with van der Waals surface area (Å²) < 4.78 is 0. The molecule has 0 aliphatic rings. The maximum absolute atomic E-state index is 11.6. The van der Waals surface area contributed by atoms with Gasteiger partial charge >= 0.3 is 0 Å². The standard InChI is InChI=1S/C14H20ClN3O3/c1-14(2,3)17-13(19)7-8-16-9-10-11(15)5-4-6-12(10)18(20)21/h4-6,16H,7-9H2,1-3H3,(H,17,19). The lowest BCUT2D eigenvalue weighted by atomic mass is 10.1. The molecule has 1 amide bonds. The Kier molecular flexibility index (Phi) is 6.11. The highest BCUT2D eigenvalue weighted by Gasteiger charge is 2.16. The van der Waals surface area contributed by atoms with Gasteiger partial charge < -0.3 is 10.6 Å². The van der Waals surface area contributed by atoms with Crippen molar-refractivity contribution in [2.45, 2.75) is 39.3 Å². The lowest BCUT2D eigenvalue weighted by Gasteiger charge is -2.20. The third kappa shape index (κ3) is 6.10. The Balaban J connectivity index is 2.50. The van der Waals surface area contributed by atoms with Gasteiger partial charge in [0.05, 0.1) is 15.5 Å². The maximum Gasteiger partial charge on any atom is 0.275 e. The molecule has 0 aliphatic heterocycles. The van der Waals surface area contributed by atoms with Gasteiger partial charge in [-0.2, -0.15) is 0 Å². The number of benzene rings is 1. The summed E-state index contributed by atoms with van der Waals surface area (Å²) in [4.78, 5) is 22.1. The van der Waals surface area contributed by atoms with Crippen molar-refractivity contribution in [2.75, 3.05) is 6.54 Å². The van der Waals surface area contributed by atoms with Gasteiger partial charge in [-0.05, 0) is 26.8 Å². The minimum atomic E-state index is -0.463. The highest BCUT2D eigenvalue weighted by atomic mass is 35.5. The number of carbonyl (C=O) groups excluding carboxylic acids is 1. The second-order valence-corrected chi connectivity index (χ2v) is 6.13. The van der Waals surface area contributed by atoms with Crippen molar-refractivity contribution in [1.82, 2.24) is 10.6 Å². The van der Waals surface area contributed by atoms with Gasteiger partial charge in [-0.1, -0.05) is 17.7 Å². The SMILES string of the molecule is CC(C)(C)NC(=O)CCNCc1c(Cl)cccc1[N+](=O)[O-]. The van der Waals surface area contributed by atoms with Gasteiger partial charge in [0.1, 0.15) is 0 Å². The van der Waals surface area contributed by atoms with Gasteiger partial charge in [-0.25, -0.2) is 0 Å². The van der Waals surface area contributed by atoms with Crippen LogP contribution in [0.5, 0.6) is 0 Å². The molecule has 2 N–H and O–H groups in total. The summed E-state index contributed by atoms with van der Waals surface area (Å²) in [6, 6.07) is 4.56. The zero-order chi connectivity index (χ0) is 16.0. The molecule has 0 radical (unpaired) electrons. The number of carbonyl (C=O) groups is 1. The summed E-state index contributed by atoms with van der Waals surface area (Å²) in [7, 11) is 0. The first kappa shape index (κ1) is 17.4. The Hall–Kier alpha value is -1.66. The Bertz CT molecular complexity index is 527. The summed E-state index contributed by atoms with van der Waals surface area (Å²) in [5, 5.41) is 17.1. The number of nitro groups is 1. The average Bonchev–Trinajstić information content (AvgIpc) is 2.33. The zero-order valence-electron chi connectivity index (χ0n) is 12.4. The van der Waals surface area contributed by atoms with Crippen molar-refractivity contribution < 1.29 is 9.72 Å². The minimum Gasteiger partial charge on any atom is -0.351 e. The van der Waals surface area contributed by atoms with Crippen LogP contribution in [0.15, 0.2) is 18.2 Å². The smallest absolute Gasteiger partial charge is 0.275 e. The van der Waals surface area contributed by atoms with E-state index in [4.69, 9.17) is 11.6 Å². The molecule has 21 heavy (non-hydrogen) atoms. The van der Waals surface area contributed by atoms with E-state index in [2.05, 4.69) is 10.6 Å². The summed E-state index contributed by atoms with van der Waals surface area (Å²) in [6.45, 7) is 6.39. The average molecular weight is 314 g/mol. The van der Waals surface area contributed by atoms with E-state index in [1.54, 1.807) is 12.1 Å². The van der Waals surface area contributed by atoms with Crippen LogP contribution in [0.1, 0.15) is 32.8 Å². The fourth-order valence-electron chi connectivity index (χ4n) is 1.79. The van der Waals surface area contributed by atoms with Crippen LogP contribution >= 0.6 is 11.6 Å². The lowest BCUT2D eigenvalue weighted by molar-refractivity contribution is -0.385. The van der Waals surface area contributed by atoms with E-state index in [1.165, 1.54) is 6.07 Å². The molecule has 0 saturated heterocycles. The molecule has 0 atom stereocenters. The lowest BCUT2D eigenvalue weighted by Crippen LogP contribution is -2.41. The zero-order valence-corrected chi connectivity index (χ0v) is 13.2. The third-order valence-electron chi connectivity index (χ3n) is 2.64. The van der Waals surface area contributed by atoms with Crippen LogP contribution in [-0.4, -0.2) is 22.9 Å². The number of rotatable bonds is 6. The van der Waals surface area contributed by atoms with E-state index in [9.17, 15) is 14.9 Å². The summed E-state index contributed by atoms with van der Waals surface area (Å²) >= 11 is 5.98. The fraction of sp³-hybridized carbons (Fsp3) is 0.500. The van der Waals surface area contributed by atoms with E-state index in [1.807, 2.05) is 20.8 Å².